The van der Waals surface area contributed by atoms with Crippen LogP contribution in [0.3, 0.4) is 0 Å². The highest BCUT2D eigenvalue weighted by atomic mass is 19.1. The molecule has 0 N–H and O–H groups in total. The van der Waals surface area contributed by atoms with Crippen LogP contribution in [0.4, 0.5) is 14.6 Å². The summed E-state index contributed by atoms with van der Waals surface area (Å²) < 4.78 is 35.2. The molecule has 6 heterocycles. The number of fused-ring (bicyclic) bond motifs is 7. The molecule has 2 aliphatic rings. The Bertz CT molecular complexity index is 2180. The molecule has 0 unspecified atom stereocenters. The fraction of sp³-hybridized carbons (Fsp3) is 0.361. The maximum atomic E-state index is 16.4. The molecule has 2 atom stereocenters. The topological polar surface area (TPSA) is 115 Å². The van der Waals surface area contributed by atoms with Crippen LogP contribution in [-0.4, -0.2) is 70.5 Å². The Morgan fingerprint density at radius 1 is 1.02 bits per heavy atom. The second-order valence-corrected chi connectivity index (χ2v) is 13.2. The lowest BCUT2D eigenvalue weighted by Gasteiger charge is -2.44. The zero-order valence-electron chi connectivity index (χ0n) is 27.9. The molecule has 13 heteroatoms. The van der Waals surface area contributed by atoms with Crippen molar-refractivity contribution in [3.05, 3.63) is 100 Å². The number of halogens is 2. The average Bonchev–Trinajstić information content (AvgIpc) is 3.54. The van der Waals surface area contributed by atoms with Gasteiger partial charge in [-0.25, -0.2) is 27.8 Å². The molecule has 1 fully saturated rings. The van der Waals surface area contributed by atoms with E-state index in [2.05, 4.69) is 26.9 Å². The van der Waals surface area contributed by atoms with Gasteiger partial charge in [0.25, 0.3) is 0 Å². The van der Waals surface area contributed by atoms with Crippen molar-refractivity contribution in [3.63, 3.8) is 0 Å². The Labute approximate surface area is 281 Å². The molecule has 0 saturated carbocycles. The van der Waals surface area contributed by atoms with Gasteiger partial charge in [-0.15, -0.1) is 5.10 Å². The minimum atomic E-state index is -0.750. The van der Waals surface area contributed by atoms with E-state index in [-0.39, 0.29) is 52.0 Å². The first-order valence-electron chi connectivity index (χ1n) is 16.5. The lowest BCUT2D eigenvalue weighted by molar-refractivity contribution is -0.128. The molecule has 1 aromatic carbocycles. The van der Waals surface area contributed by atoms with Gasteiger partial charge in [-0.05, 0) is 80.5 Å². The number of carbonyl (C=O) groups excluding carboxylic acids is 1. The van der Waals surface area contributed by atoms with Gasteiger partial charge in [0.15, 0.2) is 5.65 Å². The van der Waals surface area contributed by atoms with Crippen molar-refractivity contribution in [2.75, 3.05) is 18.0 Å². The first-order chi connectivity index (χ1) is 23.5. The summed E-state index contributed by atoms with van der Waals surface area (Å²) in [7, 11) is 0. The van der Waals surface area contributed by atoms with Crippen molar-refractivity contribution in [1.29, 1.82) is 0 Å². The Hall–Kier alpha value is -5.33. The lowest BCUT2D eigenvalue weighted by atomic mass is 10.0. The number of anilines is 1. The molecule has 4 aromatic heterocycles. The van der Waals surface area contributed by atoms with Crippen LogP contribution >= 0.6 is 0 Å². The van der Waals surface area contributed by atoms with E-state index < -0.39 is 17.3 Å². The number of carbonyl (C=O) groups is 1. The van der Waals surface area contributed by atoms with E-state index in [4.69, 9.17) is 4.98 Å². The minimum absolute atomic E-state index is 0.00944. The maximum Gasteiger partial charge on any atom is 0.355 e. The van der Waals surface area contributed by atoms with Crippen LogP contribution in [0, 0.1) is 11.6 Å². The predicted octanol–water partition coefficient (Wildman–Crippen LogP) is 4.79. The molecule has 11 nitrogen and oxygen atoms in total. The largest absolute Gasteiger partial charge is 0.355 e. The average molecular weight is 666 g/mol. The number of pyridine rings is 2. The first-order valence-corrected chi connectivity index (χ1v) is 16.5. The van der Waals surface area contributed by atoms with Gasteiger partial charge in [0.1, 0.15) is 23.1 Å². The molecular weight excluding hydrogens is 628 g/mol. The summed E-state index contributed by atoms with van der Waals surface area (Å²) in [5.74, 6) is -1.44. The van der Waals surface area contributed by atoms with E-state index in [1.165, 1.54) is 22.8 Å². The van der Waals surface area contributed by atoms with Crippen LogP contribution in [0.15, 0.2) is 60.2 Å². The van der Waals surface area contributed by atoms with Crippen LogP contribution in [0.1, 0.15) is 56.1 Å². The van der Waals surface area contributed by atoms with E-state index in [0.29, 0.717) is 50.3 Å². The smallest absolute Gasteiger partial charge is 0.349 e. The fourth-order valence-electron chi connectivity index (χ4n) is 7.02. The second-order valence-electron chi connectivity index (χ2n) is 13.2. The van der Waals surface area contributed by atoms with Gasteiger partial charge >= 0.3 is 5.69 Å². The number of hydrogen-bond acceptors (Lipinski definition) is 8. The normalized spacial score (nSPS) is 17.9. The van der Waals surface area contributed by atoms with E-state index in [0.717, 1.165) is 16.8 Å². The summed E-state index contributed by atoms with van der Waals surface area (Å²) in [6, 6.07) is 7.24. The first kappa shape index (κ1) is 32.2. The second kappa shape index (κ2) is 12.6. The summed E-state index contributed by atoms with van der Waals surface area (Å²) >= 11 is 0. The van der Waals surface area contributed by atoms with E-state index in [1.54, 1.807) is 29.4 Å². The van der Waals surface area contributed by atoms with Crippen molar-refractivity contribution < 1.29 is 13.6 Å². The highest BCUT2D eigenvalue weighted by molar-refractivity contribution is 5.91. The van der Waals surface area contributed by atoms with Crippen molar-refractivity contribution in [2.24, 2.45) is 0 Å². The Kier molecular flexibility index (Phi) is 8.29. The van der Waals surface area contributed by atoms with E-state index >= 15 is 8.78 Å². The van der Waals surface area contributed by atoms with Gasteiger partial charge in [-0.2, -0.15) is 4.98 Å². The van der Waals surface area contributed by atoms with Gasteiger partial charge in [0.05, 0.1) is 28.7 Å². The van der Waals surface area contributed by atoms with Crippen LogP contribution in [-0.2, 0) is 30.6 Å². The van der Waals surface area contributed by atoms with Crippen molar-refractivity contribution in [2.45, 2.75) is 71.5 Å². The fourth-order valence-corrected chi connectivity index (χ4v) is 7.02. The number of nitrogens with zero attached hydrogens (tertiary/aromatic N) is 9. The molecular formula is C36H37F2N9O2. The number of amides is 1. The van der Waals surface area contributed by atoms with Gasteiger partial charge in [0.2, 0.25) is 5.91 Å². The molecule has 2 aliphatic heterocycles. The highest BCUT2D eigenvalue weighted by Crippen LogP contribution is 2.35. The quantitative estimate of drug-likeness (QED) is 0.253. The van der Waals surface area contributed by atoms with E-state index in [1.807, 2.05) is 43.3 Å². The summed E-state index contributed by atoms with van der Waals surface area (Å²) in [5.41, 5.74) is 2.91. The molecule has 252 valence electrons. The number of aromatic nitrogens is 7. The molecule has 5 aromatic rings. The van der Waals surface area contributed by atoms with E-state index in [9.17, 15) is 9.59 Å². The standard InChI is InChI=1S/C36H37F2N9O2/c1-6-30(48)44-18-22(5)45(19-21(44)4)34-27-16-29(38)32-26-15-23(8-10-28(26)37)7-9-25-17-40-43-46(25)14-12-24-11-13-39-31(20(2)3)33(24)47(35(27)41-32)36(49)42-34/h6,8,10-11,13,15-17,20-22H,1,7,9,12,14,18-19H2,2-5H3/t21-,22+/m1/s1. The van der Waals surface area contributed by atoms with Crippen molar-refractivity contribution in [3.8, 4) is 16.9 Å². The Morgan fingerprint density at radius 2 is 1.84 bits per heavy atom. The number of hydrogen-bond donors (Lipinski definition) is 0. The summed E-state index contributed by atoms with van der Waals surface area (Å²) in [5, 5.41) is 8.75. The number of rotatable bonds is 3. The predicted molar refractivity (Wildman–Crippen MR) is 182 cm³/mol. The maximum absolute atomic E-state index is 16.4. The molecule has 49 heavy (non-hydrogen) atoms. The number of benzene rings is 1. The number of piperazine rings is 1. The summed E-state index contributed by atoms with van der Waals surface area (Å²) in [6.45, 7) is 12.6. The summed E-state index contributed by atoms with van der Waals surface area (Å²) in [6.07, 6.45) is 6.32. The number of aryl methyl sites for hydroxylation is 4. The zero-order valence-corrected chi connectivity index (χ0v) is 27.9. The highest BCUT2D eigenvalue weighted by Gasteiger charge is 2.34. The van der Waals surface area contributed by atoms with Gasteiger partial charge in [0, 0.05) is 43.5 Å². The molecule has 1 amide bonds. The Balaban J connectivity index is 1.53. The summed E-state index contributed by atoms with van der Waals surface area (Å²) in [4.78, 5) is 44.8. The van der Waals surface area contributed by atoms with Crippen LogP contribution in [0.25, 0.3) is 28.0 Å². The molecule has 0 spiro atoms. The van der Waals surface area contributed by atoms with Crippen LogP contribution < -0.4 is 10.6 Å². The third-order valence-corrected chi connectivity index (χ3v) is 9.57. The molecule has 1 saturated heterocycles. The Morgan fingerprint density at radius 3 is 2.61 bits per heavy atom. The molecule has 4 bridgehead atoms. The lowest BCUT2D eigenvalue weighted by Crippen LogP contribution is -2.58. The molecule has 7 rings (SSSR count). The van der Waals surface area contributed by atoms with Crippen LogP contribution in [0.5, 0.6) is 0 Å². The zero-order chi connectivity index (χ0) is 34.6. The minimum Gasteiger partial charge on any atom is -0.349 e. The monoisotopic (exact) mass is 665 g/mol. The third-order valence-electron chi connectivity index (χ3n) is 9.57. The van der Waals surface area contributed by atoms with Crippen molar-refractivity contribution >= 4 is 22.8 Å². The SMILES string of the molecule is C=CC(=O)N1C[C@H](C)N(c2nc(=O)n3c4nc(c(F)cc24)-c2cc(ccc2F)CCc2cnnn2CCc2ccnc(C(C)C)c2-3)C[C@H]1C. The van der Waals surface area contributed by atoms with Gasteiger partial charge in [-0.3, -0.25) is 9.78 Å². The van der Waals surface area contributed by atoms with Crippen molar-refractivity contribution in [1.82, 2.24) is 39.4 Å². The van der Waals surface area contributed by atoms with Gasteiger partial charge < -0.3 is 9.80 Å². The van der Waals surface area contributed by atoms with Gasteiger partial charge in [-0.1, -0.05) is 31.7 Å². The molecule has 0 aliphatic carbocycles. The third kappa shape index (κ3) is 5.66. The van der Waals surface area contributed by atoms with Crippen LogP contribution in [0.2, 0.25) is 0 Å². The molecule has 0 radical (unpaired) electrons.